The lowest BCUT2D eigenvalue weighted by atomic mass is 10.1. The molecule has 0 spiro atoms. The van der Waals surface area contributed by atoms with Gasteiger partial charge < -0.3 is 10.2 Å². The van der Waals surface area contributed by atoms with Crippen molar-refractivity contribution < 1.29 is 22.8 Å². The maximum Gasteiger partial charge on any atom is 0.416 e. The van der Waals surface area contributed by atoms with Crippen LogP contribution in [0.5, 0.6) is 0 Å². The fourth-order valence-electron chi connectivity index (χ4n) is 2.55. The Morgan fingerprint density at radius 2 is 1.54 bits per heavy atom. The molecule has 0 radical (unpaired) electrons. The number of nitrogens with zero attached hydrogens (tertiary/aromatic N) is 1. The third-order valence-corrected chi connectivity index (χ3v) is 3.93. The fraction of sp³-hybridized carbons (Fsp3) is 0.263. The van der Waals surface area contributed by atoms with Gasteiger partial charge in [0.2, 0.25) is 11.8 Å². The maximum absolute atomic E-state index is 12.7. The molecule has 4 nitrogen and oxygen atoms in total. The molecule has 26 heavy (non-hydrogen) atoms. The Labute approximate surface area is 149 Å². The highest BCUT2D eigenvalue weighted by molar-refractivity contribution is 6.02. The number of hydrogen-bond acceptors (Lipinski definition) is 2. The standard InChI is InChI=1S/C19H19F3N2O2/c1-12-5-4-6-13(2)18(12)23-17(26)11-24(14(3)25)16-9-7-15(8-10-16)19(20,21)22/h4-10H,11H2,1-3H3,(H,23,26). The van der Waals surface area contributed by atoms with E-state index in [4.69, 9.17) is 0 Å². The summed E-state index contributed by atoms with van der Waals surface area (Å²) < 4.78 is 38.0. The molecule has 0 aliphatic rings. The van der Waals surface area contributed by atoms with E-state index in [2.05, 4.69) is 5.32 Å². The fourth-order valence-corrected chi connectivity index (χ4v) is 2.55. The molecule has 0 aromatic heterocycles. The van der Waals surface area contributed by atoms with E-state index >= 15 is 0 Å². The highest BCUT2D eigenvalue weighted by Crippen LogP contribution is 2.30. The number of nitrogens with one attached hydrogen (secondary N) is 1. The Morgan fingerprint density at radius 1 is 1.00 bits per heavy atom. The van der Waals surface area contributed by atoms with Crippen molar-refractivity contribution in [2.24, 2.45) is 0 Å². The molecule has 0 saturated heterocycles. The van der Waals surface area contributed by atoms with Crippen LogP contribution in [0.2, 0.25) is 0 Å². The molecule has 0 fully saturated rings. The summed E-state index contributed by atoms with van der Waals surface area (Å²) in [4.78, 5) is 25.3. The van der Waals surface area contributed by atoms with Crippen molar-refractivity contribution in [2.45, 2.75) is 26.9 Å². The smallest absolute Gasteiger partial charge is 0.324 e. The van der Waals surface area contributed by atoms with Gasteiger partial charge in [-0.3, -0.25) is 9.59 Å². The average molecular weight is 364 g/mol. The van der Waals surface area contributed by atoms with Crippen LogP contribution in [0.25, 0.3) is 0 Å². The lowest BCUT2D eigenvalue weighted by Crippen LogP contribution is -2.36. The van der Waals surface area contributed by atoms with Crippen molar-refractivity contribution in [2.75, 3.05) is 16.8 Å². The summed E-state index contributed by atoms with van der Waals surface area (Å²) in [5.41, 5.74) is 1.82. The summed E-state index contributed by atoms with van der Waals surface area (Å²) >= 11 is 0. The number of carbonyl (C=O) groups excluding carboxylic acids is 2. The molecule has 0 aliphatic heterocycles. The average Bonchev–Trinajstić information content (AvgIpc) is 2.55. The number of benzene rings is 2. The number of hydrogen-bond donors (Lipinski definition) is 1. The molecule has 0 unspecified atom stereocenters. The van der Waals surface area contributed by atoms with Crippen LogP contribution in [-0.4, -0.2) is 18.4 Å². The van der Waals surface area contributed by atoms with E-state index in [1.165, 1.54) is 19.1 Å². The lowest BCUT2D eigenvalue weighted by Gasteiger charge is -2.22. The van der Waals surface area contributed by atoms with Crippen LogP contribution in [0.15, 0.2) is 42.5 Å². The van der Waals surface area contributed by atoms with Crippen LogP contribution >= 0.6 is 0 Å². The predicted molar refractivity (Wildman–Crippen MR) is 94.0 cm³/mol. The van der Waals surface area contributed by atoms with Gasteiger partial charge in [-0.2, -0.15) is 13.2 Å². The van der Waals surface area contributed by atoms with Gasteiger partial charge in [-0.15, -0.1) is 0 Å². The summed E-state index contributed by atoms with van der Waals surface area (Å²) in [6, 6.07) is 9.68. The first-order valence-corrected chi connectivity index (χ1v) is 7.91. The first kappa shape index (κ1) is 19.5. The number of carbonyl (C=O) groups is 2. The maximum atomic E-state index is 12.7. The second-order valence-corrected chi connectivity index (χ2v) is 5.96. The normalized spacial score (nSPS) is 11.2. The molecule has 0 heterocycles. The molecule has 0 bridgehead atoms. The van der Waals surface area contributed by atoms with Crippen molar-refractivity contribution in [1.82, 2.24) is 0 Å². The van der Waals surface area contributed by atoms with Crippen LogP contribution in [0.3, 0.4) is 0 Å². The van der Waals surface area contributed by atoms with E-state index in [-0.39, 0.29) is 12.2 Å². The third-order valence-electron chi connectivity index (χ3n) is 3.93. The molecular formula is C19H19F3N2O2. The summed E-state index contributed by atoms with van der Waals surface area (Å²) in [7, 11) is 0. The Morgan fingerprint density at radius 3 is 2.00 bits per heavy atom. The highest BCUT2D eigenvalue weighted by atomic mass is 19.4. The van der Waals surface area contributed by atoms with Crippen LogP contribution in [0, 0.1) is 13.8 Å². The van der Waals surface area contributed by atoms with E-state index in [1.807, 2.05) is 32.0 Å². The minimum Gasteiger partial charge on any atom is -0.324 e. The van der Waals surface area contributed by atoms with Crippen molar-refractivity contribution in [3.05, 3.63) is 59.2 Å². The van der Waals surface area contributed by atoms with Crippen LogP contribution in [0.4, 0.5) is 24.5 Å². The number of halogens is 3. The number of alkyl halides is 3. The van der Waals surface area contributed by atoms with E-state index < -0.39 is 23.6 Å². The molecule has 138 valence electrons. The SMILES string of the molecule is CC(=O)N(CC(=O)Nc1c(C)cccc1C)c1ccc(C(F)(F)F)cc1. The van der Waals surface area contributed by atoms with Crippen molar-refractivity contribution >= 4 is 23.2 Å². The van der Waals surface area contributed by atoms with E-state index in [1.54, 1.807) is 0 Å². The molecule has 2 amide bonds. The monoisotopic (exact) mass is 364 g/mol. The summed E-state index contributed by atoms with van der Waals surface area (Å²) in [6.45, 7) is 4.65. The molecule has 0 aliphatic carbocycles. The molecule has 2 rings (SSSR count). The van der Waals surface area contributed by atoms with E-state index in [9.17, 15) is 22.8 Å². The van der Waals surface area contributed by atoms with Gasteiger partial charge in [0.1, 0.15) is 6.54 Å². The zero-order valence-corrected chi connectivity index (χ0v) is 14.6. The van der Waals surface area contributed by atoms with Gasteiger partial charge in [0.25, 0.3) is 0 Å². The minimum absolute atomic E-state index is 0.224. The zero-order chi connectivity index (χ0) is 19.5. The quantitative estimate of drug-likeness (QED) is 0.879. The molecular weight excluding hydrogens is 345 g/mol. The van der Waals surface area contributed by atoms with Gasteiger partial charge in [0, 0.05) is 18.3 Å². The van der Waals surface area contributed by atoms with Gasteiger partial charge >= 0.3 is 6.18 Å². The first-order chi connectivity index (χ1) is 12.1. The van der Waals surface area contributed by atoms with E-state index in [0.29, 0.717) is 5.69 Å². The van der Waals surface area contributed by atoms with Gasteiger partial charge in [0.05, 0.1) is 5.56 Å². The third kappa shape index (κ3) is 4.62. The summed E-state index contributed by atoms with van der Waals surface area (Å²) in [5, 5.41) is 2.76. The van der Waals surface area contributed by atoms with Crippen LogP contribution in [0.1, 0.15) is 23.6 Å². The second kappa shape index (κ2) is 7.59. The van der Waals surface area contributed by atoms with Crippen molar-refractivity contribution in [3.8, 4) is 0 Å². The molecule has 2 aromatic carbocycles. The number of aryl methyl sites for hydroxylation is 2. The molecule has 1 N–H and O–H groups in total. The van der Waals surface area contributed by atoms with Crippen LogP contribution in [-0.2, 0) is 15.8 Å². The van der Waals surface area contributed by atoms with Gasteiger partial charge in [-0.25, -0.2) is 0 Å². The molecule has 7 heteroatoms. The predicted octanol–water partition coefficient (Wildman–Crippen LogP) is 4.31. The number of anilines is 2. The number of rotatable bonds is 4. The second-order valence-electron chi connectivity index (χ2n) is 5.96. The highest BCUT2D eigenvalue weighted by Gasteiger charge is 2.30. The first-order valence-electron chi connectivity index (χ1n) is 7.91. The number of para-hydroxylation sites is 1. The largest absolute Gasteiger partial charge is 0.416 e. The Balaban J connectivity index is 2.18. The summed E-state index contributed by atoms with van der Waals surface area (Å²) in [5.74, 6) is -0.876. The van der Waals surface area contributed by atoms with Gasteiger partial charge in [0.15, 0.2) is 0 Å². The molecule has 2 aromatic rings. The van der Waals surface area contributed by atoms with E-state index in [0.717, 1.165) is 28.2 Å². The van der Waals surface area contributed by atoms with Gasteiger partial charge in [-0.1, -0.05) is 18.2 Å². The zero-order valence-electron chi connectivity index (χ0n) is 14.6. The Hall–Kier alpha value is -2.83. The topological polar surface area (TPSA) is 49.4 Å². The van der Waals surface area contributed by atoms with Crippen molar-refractivity contribution in [3.63, 3.8) is 0 Å². The minimum atomic E-state index is -4.46. The number of amides is 2. The Bertz CT molecular complexity index is 794. The Kier molecular flexibility index (Phi) is 5.69. The lowest BCUT2D eigenvalue weighted by molar-refractivity contribution is -0.137. The molecule has 0 saturated carbocycles. The summed E-state index contributed by atoms with van der Waals surface area (Å²) in [6.07, 6.45) is -4.46. The van der Waals surface area contributed by atoms with Gasteiger partial charge in [-0.05, 0) is 49.2 Å². The molecule has 0 atom stereocenters. The van der Waals surface area contributed by atoms with Crippen molar-refractivity contribution in [1.29, 1.82) is 0 Å². The van der Waals surface area contributed by atoms with Crippen LogP contribution < -0.4 is 10.2 Å².